The Hall–Kier alpha value is -4.30. The monoisotopic (exact) mass is 438 g/mol. The summed E-state index contributed by atoms with van der Waals surface area (Å²) in [5, 5.41) is 4.63. The van der Waals surface area contributed by atoms with E-state index in [2.05, 4.69) is 86.6 Å². The van der Waals surface area contributed by atoms with Crippen molar-refractivity contribution in [2.24, 2.45) is 0 Å². The molecular formula is C32H22O2. The van der Waals surface area contributed by atoms with Crippen LogP contribution in [0.1, 0.15) is 11.1 Å². The van der Waals surface area contributed by atoms with E-state index in [-0.39, 0.29) is 0 Å². The fraction of sp³-hybridized carbons (Fsp3) is 0.0625. The van der Waals surface area contributed by atoms with Crippen LogP contribution in [0.2, 0.25) is 0 Å². The van der Waals surface area contributed by atoms with Crippen LogP contribution in [-0.4, -0.2) is 0 Å². The molecule has 5 aromatic carbocycles. The molecule has 0 spiro atoms. The molecule has 0 unspecified atom stereocenters. The third-order valence-electron chi connectivity index (χ3n) is 6.73. The third kappa shape index (κ3) is 2.82. The lowest BCUT2D eigenvalue weighted by Gasteiger charge is -2.09. The first-order chi connectivity index (χ1) is 16.7. The molecule has 0 bridgehead atoms. The topological polar surface area (TPSA) is 26.3 Å². The van der Waals surface area contributed by atoms with Crippen molar-refractivity contribution in [1.82, 2.24) is 0 Å². The fourth-order valence-corrected chi connectivity index (χ4v) is 5.23. The Kier molecular flexibility index (Phi) is 4.01. The lowest BCUT2D eigenvalue weighted by molar-refractivity contribution is 0.670. The van der Waals surface area contributed by atoms with Crippen LogP contribution in [-0.2, 0) is 0 Å². The maximum atomic E-state index is 6.35. The van der Waals surface area contributed by atoms with Crippen LogP contribution in [0.4, 0.5) is 0 Å². The van der Waals surface area contributed by atoms with E-state index in [9.17, 15) is 0 Å². The highest BCUT2D eigenvalue weighted by Crippen LogP contribution is 2.40. The quantitative estimate of drug-likeness (QED) is 0.269. The Balaban J connectivity index is 1.48. The molecule has 0 saturated carbocycles. The molecule has 0 aliphatic rings. The predicted molar refractivity (Wildman–Crippen MR) is 141 cm³/mol. The molecule has 7 rings (SSSR count). The highest BCUT2D eigenvalue weighted by atomic mass is 16.3. The summed E-state index contributed by atoms with van der Waals surface area (Å²) in [4.78, 5) is 0. The summed E-state index contributed by atoms with van der Waals surface area (Å²) in [6, 6.07) is 34.1. The van der Waals surface area contributed by atoms with Gasteiger partial charge in [-0.3, -0.25) is 0 Å². The zero-order valence-electron chi connectivity index (χ0n) is 19.1. The second-order valence-electron chi connectivity index (χ2n) is 9.16. The molecule has 0 amide bonds. The molecule has 0 N–H and O–H groups in total. The van der Waals surface area contributed by atoms with E-state index < -0.39 is 0 Å². The number of aryl methyl sites for hydroxylation is 2. The van der Waals surface area contributed by atoms with E-state index in [1.807, 2.05) is 24.3 Å². The minimum absolute atomic E-state index is 0.920. The summed E-state index contributed by atoms with van der Waals surface area (Å²) >= 11 is 0. The van der Waals surface area contributed by atoms with Gasteiger partial charge in [-0.15, -0.1) is 0 Å². The van der Waals surface area contributed by atoms with Crippen LogP contribution in [0.5, 0.6) is 0 Å². The van der Waals surface area contributed by atoms with Crippen molar-refractivity contribution in [3.8, 4) is 22.3 Å². The number of hydrogen-bond donors (Lipinski definition) is 0. The number of rotatable bonds is 2. The van der Waals surface area contributed by atoms with Gasteiger partial charge < -0.3 is 8.83 Å². The molecule has 0 fully saturated rings. The van der Waals surface area contributed by atoms with E-state index in [0.717, 1.165) is 66.1 Å². The van der Waals surface area contributed by atoms with Crippen LogP contribution in [0.25, 0.3) is 66.1 Å². The van der Waals surface area contributed by atoms with Crippen molar-refractivity contribution in [1.29, 1.82) is 0 Å². The largest absolute Gasteiger partial charge is 0.455 e. The second kappa shape index (κ2) is 7.10. The molecule has 0 atom stereocenters. The summed E-state index contributed by atoms with van der Waals surface area (Å²) in [5.74, 6) is 0. The van der Waals surface area contributed by atoms with E-state index >= 15 is 0 Å². The maximum absolute atomic E-state index is 6.35. The Morgan fingerprint density at radius 3 is 1.41 bits per heavy atom. The molecule has 2 heteroatoms. The third-order valence-corrected chi connectivity index (χ3v) is 6.73. The van der Waals surface area contributed by atoms with E-state index in [1.165, 1.54) is 11.1 Å². The Labute approximate surface area is 197 Å². The molecular weight excluding hydrogens is 416 g/mol. The van der Waals surface area contributed by atoms with E-state index in [0.29, 0.717) is 0 Å². The average molecular weight is 439 g/mol. The summed E-state index contributed by atoms with van der Waals surface area (Å²) in [6.07, 6.45) is 0. The zero-order chi connectivity index (χ0) is 22.8. The molecule has 0 aliphatic carbocycles. The maximum Gasteiger partial charge on any atom is 0.143 e. The van der Waals surface area contributed by atoms with Gasteiger partial charge >= 0.3 is 0 Å². The summed E-state index contributed by atoms with van der Waals surface area (Å²) < 4.78 is 12.7. The van der Waals surface area contributed by atoms with Gasteiger partial charge in [-0.25, -0.2) is 0 Å². The number of hydrogen-bond acceptors (Lipinski definition) is 2. The molecule has 2 aromatic heterocycles. The zero-order valence-corrected chi connectivity index (χ0v) is 19.1. The number of benzene rings is 5. The van der Waals surface area contributed by atoms with Gasteiger partial charge in [-0.05, 0) is 78.6 Å². The van der Waals surface area contributed by atoms with Crippen molar-refractivity contribution in [2.45, 2.75) is 13.8 Å². The smallest absolute Gasteiger partial charge is 0.143 e. The second-order valence-corrected chi connectivity index (χ2v) is 9.16. The van der Waals surface area contributed by atoms with Crippen LogP contribution < -0.4 is 0 Å². The standard InChI is InChI=1S/C32H22O2/c1-19-14-25(31-27(16-19)23-10-3-5-12-29(23)33-31)21-8-7-9-22(18-21)26-15-20(2)17-28-24-11-4-6-13-30(24)34-32(26)28/h3-18H,1-2H3. The molecule has 0 aliphatic heterocycles. The van der Waals surface area contributed by atoms with Crippen molar-refractivity contribution >= 4 is 43.9 Å². The van der Waals surface area contributed by atoms with E-state index in [1.54, 1.807) is 0 Å². The Morgan fingerprint density at radius 2 is 0.912 bits per heavy atom. The van der Waals surface area contributed by atoms with Crippen molar-refractivity contribution in [2.75, 3.05) is 0 Å². The minimum atomic E-state index is 0.920. The SMILES string of the molecule is Cc1cc(-c2cccc(-c3cc(C)cc4c3oc3ccccc34)c2)c2oc3ccccc3c2c1. The molecule has 34 heavy (non-hydrogen) atoms. The van der Waals surface area contributed by atoms with Gasteiger partial charge in [0.05, 0.1) is 0 Å². The van der Waals surface area contributed by atoms with Crippen LogP contribution >= 0.6 is 0 Å². The van der Waals surface area contributed by atoms with Gasteiger partial charge in [-0.1, -0.05) is 54.6 Å². The average Bonchev–Trinajstić information content (AvgIpc) is 3.42. The molecule has 0 saturated heterocycles. The van der Waals surface area contributed by atoms with Crippen molar-refractivity contribution < 1.29 is 8.83 Å². The van der Waals surface area contributed by atoms with Gasteiger partial charge in [0.2, 0.25) is 0 Å². The van der Waals surface area contributed by atoms with Crippen LogP contribution in [0.3, 0.4) is 0 Å². The molecule has 2 nitrogen and oxygen atoms in total. The summed E-state index contributed by atoms with van der Waals surface area (Å²) in [7, 11) is 0. The minimum Gasteiger partial charge on any atom is -0.455 e. The van der Waals surface area contributed by atoms with Crippen molar-refractivity contribution in [3.05, 3.63) is 108 Å². The highest BCUT2D eigenvalue weighted by molar-refractivity contribution is 6.11. The number of para-hydroxylation sites is 2. The predicted octanol–water partition coefficient (Wildman–Crippen LogP) is 9.44. The first-order valence-corrected chi connectivity index (χ1v) is 11.6. The lowest BCUT2D eigenvalue weighted by Crippen LogP contribution is -1.85. The first kappa shape index (κ1) is 19.2. The van der Waals surface area contributed by atoms with Crippen LogP contribution in [0, 0.1) is 13.8 Å². The molecule has 7 aromatic rings. The highest BCUT2D eigenvalue weighted by Gasteiger charge is 2.16. The van der Waals surface area contributed by atoms with Gasteiger partial charge in [0.15, 0.2) is 0 Å². The summed E-state index contributed by atoms with van der Waals surface area (Å²) in [5.41, 5.74) is 10.6. The van der Waals surface area contributed by atoms with Gasteiger partial charge in [0.1, 0.15) is 22.3 Å². The number of fused-ring (bicyclic) bond motifs is 6. The van der Waals surface area contributed by atoms with Crippen molar-refractivity contribution in [3.63, 3.8) is 0 Å². The van der Waals surface area contributed by atoms with Gasteiger partial charge in [0, 0.05) is 32.7 Å². The van der Waals surface area contributed by atoms with Gasteiger partial charge in [-0.2, -0.15) is 0 Å². The molecule has 2 heterocycles. The summed E-state index contributed by atoms with van der Waals surface area (Å²) in [6.45, 7) is 4.29. The van der Waals surface area contributed by atoms with E-state index in [4.69, 9.17) is 8.83 Å². The molecule has 0 radical (unpaired) electrons. The van der Waals surface area contributed by atoms with Gasteiger partial charge in [0.25, 0.3) is 0 Å². The first-order valence-electron chi connectivity index (χ1n) is 11.6. The van der Waals surface area contributed by atoms with Crippen LogP contribution in [0.15, 0.2) is 106 Å². The normalized spacial score (nSPS) is 11.8. The number of furan rings is 2. The molecule has 162 valence electrons. The Morgan fingerprint density at radius 1 is 0.441 bits per heavy atom. The Bertz CT molecular complexity index is 1750. The lowest BCUT2D eigenvalue weighted by atomic mass is 9.94. The fourth-order valence-electron chi connectivity index (χ4n) is 5.23.